The fourth-order valence-corrected chi connectivity index (χ4v) is 1.17. The molecule has 1 N–H and O–H groups in total. The Morgan fingerprint density at radius 2 is 2.17 bits per heavy atom. The second-order valence-corrected chi connectivity index (χ2v) is 2.79. The fraction of sp³-hybridized carbons (Fsp3) is 0.222. The van der Waals surface area contributed by atoms with Crippen LogP contribution < -0.4 is 0 Å². The van der Waals surface area contributed by atoms with E-state index >= 15 is 0 Å². The molecule has 0 saturated carbocycles. The molecule has 62 valence electrons. The maximum absolute atomic E-state index is 10.9. The van der Waals surface area contributed by atoms with Crippen LogP contribution in [0.15, 0.2) is 36.5 Å². The molecule has 12 heavy (non-hydrogen) atoms. The Morgan fingerprint density at radius 1 is 1.33 bits per heavy atom. The molecule has 2 rings (SSSR count). The van der Waals surface area contributed by atoms with Gasteiger partial charge >= 0.3 is 0 Å². The lowest BCUT2D eigenvalue weighted by atomic mass is 10.2. The number of aliphatic hydroxyl groups is 1. The number of fused-ring (bicyclic) bond motifs is 2. The summed E-state index contributed by atoms with van der Waals surface area (Å²) < 4.78 is 5.16. The topological polar surface area (TPSA) is 46.5 Å². The van der Waals surface area contributed by atoms with Crippen LogP contribution in [-0.2, 0) is 9.53 Å². The van der Waals surface area contributed by atoms with Crippen molar-refractivity contribution in [3.05, 3.63) is 36.5 Å². The molecule has 0 amide bonds. The van der Waals surface area contributed by atoms with E-state index in [1.54, 1.807) is 12.2 Å². The smallest absolute Gasteiger partial charge is 0.206 e. The maximum Gasteiger partial charge on any atom is 0.206 e. The predicted molar refractivity (Wildman–Crippen MR) is 42.2 cm³/mol. The zero-order chi connectivity index (χ0) is 8.60. The Bertz CT molecular complexity index is 301. The normalized spacial score (nSPS) is 43.8. The van der Waals surface area contributed by atoms with Crippen molar-refractivity contribution < 1.29 is 14.6 Å². The minimum Gasteiger partial charge on any atom is -0.359 e. The van der Waals surface area contributed by atoms with Crippen LogP contribution in [0.25, 0.3) is 0 Å². The molecule has 2 aliphatic rings. The van der Waals surface area contributed by atoms with Crippen LogP contribution in [0.4, 0.5) is 0 Å². The number of hydrogen-bond acceptors (Lipinski definition) is 3. The second kappa shape index (κ2) is 2.40. The maximum atomic E-state index is 10.9. The van der Waals surface area contributed by atoms with E-state index in [2.05, 4.69) is 0 Å². The number of ether oxygens (including phenoxy) is 1. The molecule has 2 aliphatic heterocycles. The lowest BCUT2D eigenvalue weighted by Crippen LogP contribution is -2.26. The first-order chi connectivity index (χ1) is 5.68. The number of rotatable bonds is 0. The van der Waals surface area contributed by atoms with Gasteiger partial charge in [-0.3, -0.25) is 4.79 Å². The van der Waals surface area contributed by atoms with Crippen molar-refractivity contribution >= 4 is 5.78 Å². The van der Waals surface area contributed by atoms with Crippen LogP contribution >= 0.6 is 0 Å². The summed E-state index contributed by atoms with van der Waals surface area (Å²) in [6.45, 7) is 0. The third-order valence-electron chi connectivity index (χ3n) is 1.79. The van der Waals surface area contributed by atoms with Crippen molar-refractivity contribution in [1.82, 2.24) is 0 Å². The van der Waals surface area contributed by atoms with Gasteiger partial charge in [0.15, 0.2) is 5.78 Å². The van der Waals surface area contributed by atoms with Crippen LogP contribution in [-0.4, -0.2) is 22.8 Å². The highest BCUT2D eigenvalue weighted by Gasteiger charge is 2.30. The van der Waals surface area contributed by atoms with Gasteiger partial charge in [-0.1, -0.05) is 6.08 Å². The quantitative estimate of drug-likeness (QED) is 0.524. The summed E-state index contributed by atoms with van der Waals surface area (Å²) in [4.78, 5) is 10.9. The largest absolute Gasteiger partial charge is 0.359 e. The van der Waals surface area contributed by atoms with Gasteiger partial charge in [-0.05, 0) is 30.4 Å². The van der Waals surface area contributed by atoms with E-state index in [1.807, 2.05) is 0 Å². The fourth-order valence-electron chi connectivity index (χ4n) is 1.17. The summed E-state index contributed by atoms with van der Waals surface area (Å²) in [5.74, 6) is -1.52. The van der Waals surface area contributed by atoms with Crippen molar-refractivity contribution in [3.8, 4) is 0 Å². The van der Waals surface area contributed by atoms with Gasteiger partial charge in [0.25, 0.3) is 0 Å². The van der Waals surface area contributed by atoms with E-state index < -0.39 is 5.79 Å². The van der Waals surface area contributed by atoms with E-state index in [0.29, 0.717) is 0 Å². The van der Waals surface area contributed by atoms with Crippen molar-refractivity contribution in [2.45, 2.75) is 11.9 Å². The minimum absolute atomic E-state index is 0.134. The summed E-state index contributed by atoms with van der Waals surface area (Å²) in [7, 11) is 0. The highest BCUT2D eigenvalue weighted by molar-refractivity contribution is 5.99. The third-order valence-corrected chi connectivity index (χ3v) is 1.79. The predicted octanol–water partition coefficient (Wildman–Crippen LogP) is 0.325. The lowest BCUT2D eigenvalue weighted by molar-refractivity contribution is -0.128. The molecule has 0 aromatic rings. The highest BCUT2D eigenvalue weighted by Crippen LogP contribution is 2.24. The van der Waals surface area contributed by atoms with Gasteiger partial charge in [-0.25, -0.2) is 0 Å². The molecule has 0 saturated heterocycles. The van der Waals surface area contributed by atoms with Gasteiger partial charge in [0.05, 0.1) is 6.10 Å². The van der Waals surface area contributed by atoms with E-state index in [0.717, 1.165) is 0 Å². The van der Waals surface area contributed by atoms with E-state index in [4.69, 9.17) is 4.74 Å². The summed E-state index contributed by atoms with van der Waals surface area (Å²) >= 11 is 0. The molecule has 0 radical (unpaired) electrons. The van der Waals surface area contributed by atoms with Crippen LogP contribution in [0, 0.1) is 0 Å². The monoisotopic (exact) mass is 164 g/mol. The van der Waals surface area contributed by atoms with Crippen LogP contribution in [0.3, 0.4) is 0 Å². The molecule has 3 nitrogen and oxygen atoms in total. The molecule has 0 fully saturated rings. The van der Waals surface area contributed by atoms with Crippen LogP contribution in [0.1, 0.15) is 0 Å². The molecule has 3 heteroatoms. The van der Waals surface area contributed by atoms with Crippen molar-refractivity contribution in [1.29, 1.82) is 0 Å². The third kappa shape index (κ3) is 1.24. The average molecular weight is 164 g/mol. The van der Waals surface area contributed by atoms with Crippen LogP contribution in [0.2, 0.25) is 0 Å². The highest BCUT2D eigenvalue weighted by atomic mass is 16.6. The molecular weight excluding hydrogens is 156 g/mol. The summed E-state index contributed by atoms with van der Waals surface area (Å²) in [6.07, 6.45) is 8.62. The van der Waals surface area contributed by atoms with E-state index in [1.165, 1.54) is 24.3 Å². The molecule has 2 unspecified atom stereocenters. The number of allylic oxidation sites excluding steroid dienone is 2. The van der Waals surface area contributed by atoms with Gasteiger partial charge < -0.3 is 9.84 Å². The van der Waals surface area contributed by atoms with Crippen molar-refractivity contribution in [2.75, 3.05) is 0 Å². The molecule has 2 heterocycles. The second-order valence-electron chi connectivity index (χ2n) is 2.79. The Balaban J connectivity index is 2.36. The molecular formula is C9H8O3. The SMILES string of the molecule is O=C1/C=C\C2C=CC(O)(/C=C\1)O2. The van der Waals surface area contributed by atoms with Gasteiger partial charge in [0.1, 0.15) is 0 Å². The zero-order valence-corrected chi connectivity index (χ0v) is 6.31. The minimum atomic E-state index is -1.38. The van der Waals surface area contributed by atoms with E-state index in [-0.39, 0.29) is 11.9 Å². The first kappa shape index (κ1) is 7.46. The van der Waals surface area contributed by atoms with Gasteiger partial charge in [0, 0.05) is 0 Å². The standard InChI is InChI=1S/C9H8O3/c10-7-1-2-8-4-6-9(11,12-8)5-3-7/h1-6,8,11H/b2-1-,5-3-. The number of ketones is 1. The number of carbonyl (C=O) groups excluding carboxylic acids is 1. The van der Waals surface area contributed by atoms with E-state index in [9.17, 15) is 9.90 Å². The van der Waals surface area contributed by atoms with Gasteiger partial charge in [-0.15, -0.1) is 0 Å². The Hall–Kier alpha value is -1.19. The average Bonchev–Trinajstić information content (AvgIpc) is 2.41. The summed E-state index contributed by atoms with van der Waals surface area (Å²) in [5.41, 5.74) is 0. The first-order valence-electron chi connectivity index (χ1n) is 3.69. The Kier molecular flexibility index (Phi) is 1.49. The van der Waals surface area contributed by atoms with Crippen LogP contribution in [0.5, 0.6) is 0 Å². The Morgan fingerprint density at radius 3 is 3.00 bits per heavy atom. The summed E-state index contributed by atoms with van der Waals surface area (Å²) in [5, 5.41) is 9.56. The van der Waals surface area contributed by atoms with Gasteiger partial charge in [0.2, 0.25) is 5.79 Å². The Labute approximate surface area is 69.6 Å². The molecule has 0 spiro atoms. The molecule has 0 aromatic heterocycles. The first-order valence-corrected chi connectivity index (χ1v) is 3.69. The lowest BCUT2D eigenvalue weighted by Gasteiger charge is -2.18. The number of hydrogen-bond donors (Lipinski definition) is 1. The summed E-state index contributed by atoms with van der Waals surface area (Å²) in [6, 6.07) is 0. The van der Waals surface area contributed by atoms with Crippen molar-refractivity contribution in [2.24, 2.45) is 0 Å². The molecule has 2 bridgehead atoms. The van der Waals surface area contributed by atoms with Gasteiger partial charge in [-0.2, -0.15) is 0 Å². The number of carbonyl (C=O) groups is 1. The molecule has 2 atom stereocenters. The van der Waals surface area contributed by atoms with Crippen molar-refractivity contribution in [3.63, 3.8) is 0 Å². The zero-order valence-electron chi connectivity index (χ0n) is 6.31. The molecule has 0 aliphatic carbocycles. The molecule has 0 aromatic carbocycles.